The Balaban J connectivity index is 2.19. The van der Waals surface area contributed by atoms with Gasteiger partial charge < -0.3 is 10.2 Å². The van der Waals surface area contributed by atoms with Gasteiger partial charge in [-0.15, -0.1) is 0 Å². The molecule has 2 amide bonds. The molecule has 0 aliphatic carbocycles. The van der Waals surface area contributed by atoms with Crippen LogP contribution in [-0.2, 0) is 6.42 Å². The van der Waals surface area contributed by atoms with E-state index in [1.165, 1.54) is 0 Å². The first-order valence-electron chi connectivity index (χ1n) is 8.07. The van der Waals surface area contributed by atoms with E-state index in [-0.39, 0.29) is 17.5 Å². The molecule has 0 aliphatic rings. The minimum Gasteiger partial charge on any atom is -0.324 e. The number of carbonyl (C=O) groups excluding carboxylic acids is 1. The maximum absolute atomic E-state index is 12.7. The second-order valence-corrected chi connectivity index (χ2v) is 7.92. The molecule has 0 radical (unpaired) electrons. The number of aromatic nitrogens is 1. The van der Waals surface area contributed by atoms with Crippen molar-refractivity contribution in [3.63, 3.8) is 0 Å². The third kappa shape index (κ3) is 5.35. The molecule has 0 spiro atoms. The third-order valence-electron chi connectivity index (χ3n) is 4.09. The summed E-state index contributed by atoms with van der Waals surface area (Å²) >= 11 is 12.1. The molecule has 6 heteroatoms. The van der Waals surface area contributed by atoms with Crippen LogP contribution < -0.4 is 5.32 Å². The van der Waals surface area contributed by atoms with Crippen molar-refractivity contribution in [2.75, 3.05) is 12.4 Å². The van der Waals surface area contributed by atoms with Crippen LogP contribution in [0.4, 0.5) is 10.5 Å². The molecule has 4 nitrogen and oxygen atoms in total. The van der Waals surface area contributed by atoms with E-state index in [4.69, 9.17) is 23.2 Å². The summed E-state index contributed by atoms with van der Waals surface area (Å²) in [5.74, 6) is 0. The molecule has 0 aliphatic heterocycles. The van der Waals surface area contributed by atoms with Crippen molar-refractivity contribution in [3.8, 4) is 0 Å². The maximum atomic E-state index is 12.7. The lowest BCUT2D eigenvalue weighted by Crippen LogP contribution is -2.48. The van der Waals surface area contributed by atoms with Crippen molar-refractivity contribution in [1.29, 1.82) is 0 Å². The maximum Gasteiger partial charge on any atom is 0.321 e. The largest absolute Gasteiger partial charge is 0.324 e. The highest BCUT2D eigenvalue weighted by Crippen LogP contribution is 2.29. The summed E-state index contributed by atoms with van der Waals surface area (Å²) in [5.41, 5.74) is 1.32. The van der Waals surface area contributed by atoms with Crippen LogP contribution in [0.5, 0.6) is 0 Å². The predicted molar refractivity (Wildman–Crippen MR) is 104 cm³/mol. The smallest absolute Gasteiger partial charge is 0.321 e. The summed E-state index contributed by atoms with van der Waals surface area (Å²) in [7, 11) is 1.78. The fourth-order valence-corrected chi connectivity index (χ4v) is 3.02. The van der Waals surface area contributed by atoms with Gasteiger partial charge in [0.05, 0.1) is 10.7 Å². The van der Waals surface area contributed by atoms with Gasteiger partial charge in [-0.3, -0.25) is 4.98 Å². The minimum atomic E-state index is -0.236. The van der Waals surface area contributed by atoms with Gasteiger partial charge in [0.15, 0.2) is 0 Å². The zero-order valence-electron chi connectivity index (χ0n) is 14.9. The molecule has 1 aromatic carbocycles. The topological polar surface area (TPSA) is 45.2 Å². The Morgan fingerprint density at radius 1 is 1.24 bits per heavy atom. The van der Waals surface area contributed by atoms with Crippen molar-refractivity contribution in [2.24, 2.45) is 5.41 Å². The van der Waals surface area contributed by atoms with Crippen LogP contribution in [0.15, 0.2) is 42.6 Å². The van der Waals surface area contributed by atoms with Gasteiger partial charge in [0.2, 0.25) is 0 Å². The van der Waals surface area contributed by atoms with E-state index in [0.29, 0.717) is 22.2 Å². The van der Waals surface area contributed by atoms with Gasteiger partial charge in [-0.05, 0) is 35.7 Å². The summed E-state index contributed by atoms with van der Waals surface area (Å²) in [6.07, 6.45) is 2.43. The number of nitrogens with zero attached hydrogens (tertiary/aromatic N) is 2. The molecule has 2 rings (SSSR count). The average molecular weight is 380 g/mol. The highest BCUT2D eigenvalue weighted by atomic mass is 35.5. The molecule has 0 unspecified atom stereocenters. The number of carbonyl (C=O) groups is 1. The standard InChI is InChI=1S/C19H23Cl2N3O/c1-19(2,3)17(12-14-7-5-6-10-22-14)24(4)18(25)23-16-11-13(20)8-9-15(16)21/h5-11,17H,12H2,1-4H3,(H,23,25)/t17-/m0/s1. The minimum absolute atomic E-state index is 0.0413. The van der Waals surface area contributed by atoms with Crippen LogP contribution in [-0.4, -0.2) is 29.0 Å². The number of rotatable bonds is 4. The zero-order chi connectivity index (χ0) is 18.6. The molecule has 134 valence electrons. The predicted octanol–water partition coefficient (Wildman–Crippen LogP) is 5.51. The van der Waals surface area contributed by atoms with E-state index in [1.807, 2.05) is 18.2 Å². The Labute approximate surface area is 159 Å². The highest BCUT2D eigenvalue weighted by molar-refractivity contribution is 6.35. The van der Waals surface area contributed by atoms with Gasteiger partial charge in [-0.25, -0.2) is 4.79 Å². The molecule has 2 aromatic rings. The lowest BCUT2D eigenvalue weighted by atomic mass is 9.83. The Morgan fingerprint density at radius 2 is 1.96 bits per heavy atom. The fourth-order valence-electron chi connectivity index (χ4n) is 2.68. The molecule has 1 N–H and O–H groups in total. The van der Waals surface area contributed by atoms with E-state index >= 15 is 0 Å². The van der Waals surface area contributed by atoms with Crippen LogP contribution in [0.3, 0.4) is 0 Å². The monoisotopic (exact) mass is 379 g/mol. The van der Waals surface area contributed by atoms with Crippen LogP contribution in [0.1, 0.15) is 26.5 Å². The van der Waals surface area contributed by atoms with Crippen molar-refractivity contribution in [1.82, 2.24) is 9.88 Å². The van der Waals surface area contributed by atoms with Gasteiger partial charge in [-0.2, -0.15) is 0 Å². The van der Waals surface area contributed by atoms with Crippen molar-refractivity contribution in [3.05, 3.63) is 58.3 Å². The number of benzene rings is 1. The quantitative estimate of drug-likeness (QED) is 0.760. The summed E-state index contributed by atoms with van der Waals surface area (Å²) in [5, 5.41) is 3.80. The molecule has 1 atom stereocenters. The molecule has 1 heterocycles. The third-order valence-corrected chi connectivity index (χ3v) is 4.65. The van der Waals surface area contributed by atoms with Gasteiger partial charge in [0.25, 0.3) is 0 Å². The second-order valence-electron chi connectivity index (χ2n) is 7.07. The number of halogens is 2. The Kier molecular flexibility index (Phi) is 6.31. The Bertz CT molecular complexity index is 729. The molecular formula is C19H23Cl2N3O. The van der Waals surface area contributed by atoms with Gasteiger partial charge in [0.1, 0.15) is 0 Å². The molecule has 0 saturated carbocycles. The number of hydrogen-bond acceptors (Lipinski definition) is 2. The Morgan fingerprint density at radius 3 is 2.56 bits per heavy atom. The van der Waals surface area contributed by atoms with E-state index in [1.54, 1.807) is 36.3 Å². The fraction of sp³-hybridized carbons (Fsp3) is 0.368. The van der Waals surface area contributed by atoms with Crippen LogP contribution in [0.2, 0.25) is 10.0 Å². The number of nitrogens with one attached hydrogen (secondary N) is 1. The molecule has 0 saturated heterocycles. The SMILES string of the molecule is CN(C(=O)Nc1cc(Cl)ccc1Cl)[C@@H](Cc1ccccn1)C(C)(C)C. The number of anilines is 1. The number of pyridine rings is 1. The number of hydrogen-bond donors (Lipinski definition) is 1. The average Bonchev–Trinajstić information content (AvgIpc) is 2.55. The van der Waals surface area contributed by atoms with E-state index < -0.39 is 0 Å². The van der Waals surface area contributed by atoms with Crippen LogP contribution >= 0.6 is 23.2 Å². The molecule has 25 heavy (non-hydrogen) atoms. The first-order chi connectivity index (χ1) is 11.7. The summed E-state index contributed by atoms with van der Waals surface area (Å²) < 4.78 is 0. The number of likely N-dealkylation sites (N-methyl/N-ethyl adjacent to an activating group) is 1. The Hall–Kier alpha value is -1.78. The molecule has 1 aromatic heterocycles. The summed E-state index contributed by atoms with van der Waals surface area (Å²) in [6.45, 7) is 6.32. The van der Waals surface area contributed by atoms with Gasteiger partial charge in [-0.1, -0.05) is 50.0 Å². The van der Waals surface area contributed by atoms with E-state index in [2.05, 4.69) is 31.1 Å². The molecular weight excluding hydrogens is 357 g/mol. The van der Waals surface area contributed by atoms with E-state index in [0.717, 1.165) is 5.69 Å². The highest BCUT2D eigenvalue weighted by Gasteiger charge is 2.31. The number of urea groups is 1. The van der Waals surface area contributed by atoms with Crippen molar-refractivity contribution in [2.45, 2.75) is 33.2 Å². The first kappa shape index (κ1) is 19.5. The van der Waals surface area contributed by atoms with E-state index in [9.17, 15) is 4.79 Å². The van der Waals surface area contributed by atoms with Gasteiger partial charge >= 0.3 is 6.03 Å². The summed E-state index contributed by atoms with van der Waals surface area (Å²) in [4.78, 5) is 18.8. The second kappa shape index (κ2) is 8.07. The normalized spacial score (nSPS) is 12.6. The summed E-state index contributed by atoms with van der Waals surface area (Å²) in [6, 6.07) is 10.5. The van der Waals surface area contributed by atoms with Crippen LogP contribution in [0.25, 0.3) is 0 Å². The van der Waals surface area contributed by atoms with Crippen molar-refractivity contribution >= 4 is 34.9 Å². The molecule has 0 bridgehead atoms. The lowest BCUT2D eigenvalue weighted by molar-refractivity contribution is 0.143. The lowest BCUT2D eigenvalue weighted by Gasteiger charge is -2.38. The van der Waals surface area contributed by atoms with Gasteiger partial charge in [0, 0.05) is 36.4 Å². The van der Waals surface area contributed by atoms with Crippen molar-refractivity contribution < 1.29 is 4.79 Å². The number of amides is 2. The first-order valence-corrected chi connectivity index (χ1v) is 8.83. The van der Waals surface area contributed by atoms with Crippen LogP contribution in [0, 0.1) is 5.41 Å². The zero-order valence-corrected chi connectivity index (χ0v) is 16.4. The molecule has 0 fully saturated rings.